The first kappa shape index (κ1) is 8.90. The van der Waals surface area contributed by atoms with Crippen molar-refractivity contribution in [2.45, 2.75) is 12.8 Å². The van der Waals surface area contributed by atoms with Crippen molar-refractivity contribution >= 4 is 5.69 Å². The van der Waals surface area contributed by atoms with Crippen LogP contribution in [0.4, 0.5) is 18.9 Å². The Morgan fingerprint density at radius 2 is 1.92 bits per heavy atom. The van der Waals surface area contributed by atoms with Crippen molar-refractivity contribution < 1.29 is 13.2 Å². The van der Waals surface area contributed by atoms with Gasteiger partial charge in [-0.3, -0.25) is 0 Å². The summed E-state index contributed by atoms with van der Waals surface area (Å²) in [7, 11) is 0. The van der Waals surface area contributed by atoms with Gasteiger partial charge < -0.3 is 5.73 Å². The summed E-state index contributed by atoms with van der Waals surface area (Å²) in [5, 5.41) is 0. The smallest absolute Gasteiger partial charge is 0.273 e. The molecule has 0 amide bonds. The Balaban J connectivity index is 3.23. The average Bonchev–Trinajstić information content (AvgIpc) is 1.92. The van der Waals surface area contributed by atoms with Gasteiger partial charge >= 0.3 is 0 Å². The number of hydrogen-bond donors (Lipinski definition) is 1. The largest absolute Gasteiger partial charge is 0.399 e. The Labute approximate surface area is 68.0 Å². The maximum absolute atomic E-state index is 12.7. The first-order chi connectivity index (χ1) is 5.41. The van der Waals surface area contributed by atoms with Crippen LogP contribution in [0.1, 0.15) is 12.5 Å². The second kappa shape index (κ2) is 2.69. The second-order valence-electron chi connectivity index (χ2n) is 2.63. The van der Waals surface area contributed by atoms with Gasteiger partial charge in [-0.05, 0) is 18.2 Å². The van der Waals surface area contributed by atoms with Gasteiger partial charge in [0, 0.05) is 12.6 Å². The van der Waals surface area contributed by atoms with E-state index in [0.29, 0.717) is 6.92 Å². The first-order valence-electron chi connectivity index (χ1n) is 3.34. The monoisotopic (exact) mass is 175 g/mol. The highest BCUT2D eigenvalue weighted by atomic mass is 19.3. The number of benzene rings is 1. The molecule has 0 atom stereocenters. The fourth-order valence-electron chi connectivity index (χ4n) is 0.879. The Bertz CT molecular complexity index is 291. The van der Waals surface area contributed by atoms with Gasteiger partial charge in [0.05, 0.1) is 5.56 Å². The Morgan fingerprint density at radius 3 is 2.33 bits per heavy atom. The molecule has 0 fully saturated rings. The van der Waals surface area contributed by atoms with E-state index in [1.54, 1.807) is 0 Å². The number of nitrogen functional groups attached to an aromatic ring is 1. The zero-order valence-corrected chi connectivity index (χ0v) is 6.44. The summed E-state index contributed by atoms with van der Waals surface area (Å²) in [6, 6.07) is 3.11. The van der Waals surface area contributed by atoms with E-state index in [1.807, 2.05) is 0 Å². The standard InChI is InChI=1S/C8H8F3N/c1-8(10,11)6-4-5(12)2-3-7(6)9/h2-4H,12H2,1H3. The minimum atomic E-state index is -3.18. The predicted octanol–water partition coefficient (Wildman–Crippen LogP) is 2.52. The van der Waals surface area contributed by atoms with Crippen molar-refractivity contribution in [2.24, 2.45) is 0 Å². The van der Waals surface area contributed by atoms with Crippen molar-refractivity contribution in [3.05, 3.63) is 29.6 Å². The molecule has 0 bridgehead atoms. The lowest BCUT2D eigenvalue weighted by Crippen LogP contribution is -2.10. The number of alkyl halides is 2. The molecule has 1 nitrogen and oxygen atoms in total. The average molecular weight is 175 g/mol. The molecular formula is C8H8F3N. The zero-order chi connectivity index (χ0) is 9.35. The van der Waals surface area contributed by atoms with Gasteiger partial charge in [0.1, 0.15) is 5.82 Å². The van der Waals surface area contributed by atoms with Gasteiger partial charge in [-0.25, -0.2) is 13.2 Å². The quantitative estimate of drug-likeness (QED) is 0.652. The van der Waals surface area contributed by atoms with Crippen LogP contribution < -0.4 is 5.73 Å². The number of halogens is 3. The molecule has 0 radical (unpaired) electrons. The minimum absolute atomic E-state index is 0.132. The van der Waals surface area contributed by atoms with E-state index in [0.717, 1.165) is 12.1 Å². The van der Waals surface area contributed by atoms with Crippen LogP contribution in [0.3, 0.4) is 0 Å². The third-order valence-electron chi connectivity index (χ3n) is 1.46. The molecule has 0 saturated heterocycles. The summed E-state index contributed by atoms with van der Waals surface area (Å²) in [6.45, 7) is 0.630. The number of nitrogens with two attached hydrogens (primary N) is 1. The summed E-state index contributed by atoms with van der Waals surface area (Å²) in [4.78, 5) is 0. The Hall–Kier alpha value is -1.19. The summed E-state index contributed by atoms with van der Waals surface area (Å²) in [5.74, 6) is -4.11. The fourth-order valence-corrected chi connectivity index (χ4v) is 0.879. The molecule has 0 unspecified atom stereocenters. The van der Waals surface area contributed by atoms with Crippen molar-refractivity contribution in [2.75, 3.05) is 5.73 Å². The second-order valence-corrected chi connectivity index (χ2v) is 2.63. The van der Waals surface area contributed by atoms with Crippen LogP contribution in [0.15, 0.2) is 18.2 Å². The molecule has 0 aliphatic heterocycles. The van der Waals surface area contributed by atoms with Gasteiger partial charge in [0.2, 0.25) is 0 Å². The molecule has 1 rings (SSSR count). The molecule has 4 heteroatoms. The van der Waals surface area contributed by atoms with Gasteiger partial charge in [-0.15, -0.1) is 0 Å². The lowest BCUT2D eigenvalue weighted by molar-refractivity contribution is 0.0138. The molecule has 2 N–H and O–H groups in total. The van der Waals surface area contributed by atoms with Crippen molar-refractivity contribution in [1.29, 1.82) is 0 Å². The number of hydrogen-bond acceptors (Lipinski definition) is 1. The summed E-state index contributed by atoms with van der Waals surface area (Å²) in [5.41, 5.74) is 4.69. The number of anilines is 1. The third kappa shape index (κ3) is 1.69. The zero-order valence-electron chi connectivity index (χ0n) is 6.44. The third-order valence-corrected chi connectivity index (χ3v) is 1.46. The molecule has 0 saturated carbocycles. The van der Waals surface area contributed by atoms with Crippen LogP contribution in [0.25, 0.3) is 0 Å². The topological polar surface area (TPSA) is 26.0 Å². The van der Waals surface area contributed by atoms with Gasteiger partial charge in [0.15, 0.2) is 0 Å². The molecule has 66 valence electrons. The van der Waals surface area contributed by atoms with Gasteiger partial charge in [-0.1, -0.05) is 0 Å². The van der Waals surface area contributed by atoms with Crippen molar-refractivity contribution in [3.63, 3.8) is 0 Å². The molecule has 0 aliphatic carbocycles. The summed E-state index contributed by atoms with van der Waals surface area (Å²) < 4.78 is 37.9. The van der Waals surface area contributed by atoms with Crippen LogP contribution in [-0.2, 0) is 5.92 Å². The predicted molar refractivity (Wildman–Crippen MR) is 40.4 cm³/mol. The van der Waals surface area contributed by atoms with Crippen LogP contribution >= 0.6 is 0 Å². The van der Waals surface area contributed by atoms with Crippen LogP contribution in [0.2, 0.25) is 0 Å². The maximum atomic E-state index is 12.7. The van der Waals surface area contributed by atoms with E-state index in [-0.39, 0.29) is 5.69 Å². The summed E-state index contributed by atoms with van der Waals surface area (Å²) in [6.07, 6.45) is 0. The van der Waals surface area contributed by atoms with Crippen LogP contribution in [-0.4, -0.2) is 0 Å². The molecule has 0 heterocycles. The minimum Gasteiger partial charge on any atom is -0.399 e. The van der Waals surface area contributed by atoms with E-state index in [9.17, 15) is 13.2 Å². The Kier molecular flexibility index (Phi) is 2.00. The molecule has 0 aliphatic rings. The fraction of sp³-hybridized carbons (Fsp3) is 0.250. The van der Waals surface area contributed by atoms with E-state index in [1.165, 1.54) is 6.07 Å². The molecule has 0 aromatic heterocycles. The Morgan fingerprint density at radius 1 is 1.33 bits per heavy atom. The van der Waals surface area contributed by atoms with Crippen molar-refractivity contribution in [3.8, 4) is 0 Å². The van der Waals surface area contributed by atoms with E-state index < -0.39 is 17.3 Å². The molecule has 0 spiro atoms. The van der Waals surface area contributed by atoms with E-state index in [4.69, 9.17) is 5.73 Å². The molecular weight excluding hydrogens is 167 g/mol. The van der Waals surface area contributed by atoms with Crippen LogP contribution in [0.5, 0.6) is 0 Å². The van der Waals surface area contributed by atoms with Gasteiger partial charge in [-0.2, -0.15) is 0 Å². The number of rotatable bonds is 1. The first-order valence-corrected chi connectivity index (χ1v) is 3.34. The lowest BCUT2D eigenvalue weighted by atomic mass is 10.1. The highest BCUT2D eigenvalue weighted by molar-refractivity contribution is 5.42. The highest BCUT2D eigenvalue weighted by Gasteiger charge is 2.27. The van der Waals surface area contributed by atoms with E-state index in [2.05, 4.69) is 0 Å². The van der Waals surface area contributed by atoms with E-state index >= 15 is 0 Å². The molecule has 12 heavy (non-hydrogen) atoms. The SMILES string of the molecule is CC(F)(F)c1cc(N)ccc1F. The molecule has 1 aromatic rings. The van der Waals surface area contributed by atoms with Gasteiger partial charge in [0.25, 0.3) is 5.92 Å². The summed E-state index contributed by atoms with van der Waals surface area (Å²) >= 11 is 0. The lowest BCUT2D eigenvalue weighted by Gasteiger charge is -2.11. The highest BCUT2D eigenvalue weighted by Crippen LogP contribution is 2.30. The molecule has 1 aromatic carbocycles. The maximum Gasteiger partial charge on any atom is 0.273 e. The van der Waals surface area contributed by atoms with Crippen molar-refractivity contribution in [1.82, 2.24) is 0 Å². The van der Waals surface area contributed by atoms with Crippen LogP contribution in [0, 0.1) is 5.82 Å². The normalized spacial score (nSPS) is 11.7.